The molecule has 0 bridgehead atoms. The van der Waals surface area contributed by atoms with Gasteiger partial charge in [0.2, 0.25) is 12.0 Å². The first-order chi connectivity index (χ1) is 12.0. The van der Waals surface area contributed by atoms with E-state index < -0.39 is 6.10 Å². The molecule has 2 aliphatic rings. The molecule has 0 aliphatic carbocycles. The Morgan fingerprint density at radius 3 is 2.92 bits per heavy atom. The number of rotatable bonds is 2. The monoisotopic (exact) mass is 342 g/mol. The van der Waals surface area contributed by atoms with E-state index >= 15 is 0 Å². The van der Waals surface area contributed by atoms with Crippen LogP contribution in [0.1, 0.15) is 12.5 Å². The van der Waals surface area contributed by atoms with E-state index in [1.807, 2.05) is 19.1 Å². The van der Waals surface area contributed by atoms with E-state index in [2.05, 4.69) is 15.7 Å². The van der Waals surface area contributed by atoms with Crippen LogP contribution in [0.4, 0.5) is 11.6 Å². The van der Waals surface area contributed by atoms with Crippen molar-refractivity contribution in [3.05, 3.63) is 29.8 Å². The van der Waals surface area contributed by atoms with Gasteiger partial charge in [-0.15, -0.1) is 0 Å². The maximum absolute atomic E-state index is 12.6. The molecule has 4 rings (SSSR count). The van der Waals surface area contributed by atoms with Gasteiger partial charge in [-0.05, 0) is 18.6 Å². The average molecular weight is 342 g/mol. The maximum Gasteiger partial charge on any atom is 0.270 e. The largest absolute Gasteiger partial charge is 0.485 e. The summed E-state index contributed by atoms with van der Waals surface area (Å²) >= 11 is 0. The minimum absolute atomic E-state index is 0.0472. The van der Waals surface area contributed by atoms with Crippen molar-refractivity contribution in [1.29, 1.82) is 0 Å². The van der Waals surface area contributed by atoms with Gasteiger partial charge in [0.25, 0.3) is 5.91 Å². The highest BCUT2D eigenvalue weighted by molar-refractivity contribution is 5.99. The Bertz CT molecular complexity index is 860. The molecule has 2 atom stereocenters. The molecule has 8 nitrogen and oxygen atoms in total. The van der Waals surface area contributed by atoms with E-state index in [0.29, 0.717) is 29.6 Å². The van der Waals surface area contributed by atoms with E-state index in [1.165, 1.54) is 0 Å². The third kappa shape index (κ3) is 2.69. The molecule has 2 aliphatic heterocycles. The number of ether oxygens (including phenoxy) is 2. The quantitative estimate of drug-likeness (QED) is 0.859. The molecule has 0 saturated heterocycles. The number of nitrogens with zero attached hydrogens (tertiary/aromatic N) is 2. The molecule has 0 saturated carbocycles. The van der Waals surface area contributed by atoms with Crippen LogP contribution in [0, 0.1) is 5.92 Å². The summed E-state index contributed by atoms with van der Waals surface area (Å²) in [5, 5.41) is 9.93. The number of fused-ring (bicyclic) bond motifs is 2. The minimum atomic E-state index is -0.761. The van der Waals surface area contributed by atoms with Crippen LogP contribution in [-0.2, 0) is 23.1 Å². The van der Waals surface area contributed by atoms with E-state index in [0.717, 1.165) is 5.56 Å². The lowest BCUT2D eigenvalue weighted by Crippen LogP contribution is -2.40. The van der Waals surface area contributed by atoms with Gasteiger partial charge in [-0.3, -0.25) is 14.3 Å². The van der Waals surface area contributed by atoms with Crippen molar-refractivity contribution in [2.75, 3.05) is 17.2 Å². The zero-order chi connectivity index (χ0) is 17.6. The van der Waals surface area contributed by atoms with Crippen LogP contribution >= 0.6 is 0 Å². The summed E-state index contributed by atoms with van der Waals surface area (Å²) in [7, 11) is 1.72. The number of para-hydroxylation sites is 2. The van der Waals surface area contributed by atoms with Gasteiger partial charge in [-0.2, -0.15) is 5.10 Å². The van der Waals surface area contributed by atoms with Gasteiger partial charge in [0.1, 0.15) is 12.4 Å². The van der Waals surface area contributed by atoms with Crippen LogP contribution in [-0.4, -0.2) is 34.3 Å². The number of anilines is 2. The second-order valence-corrected chi connectivity index (χ2v) is 6.25. The average Bonchev–Trinajstić information content (AvgIpc) is 2.90. The summed E-state index contributed by atoms with van der Waals surface area (Å²) < 4.78 is 12.8. The second kappa shape index (κ2) is 5.80. The van der Waals surface area contributed by atoms with Crippen LogP contribution in [0.5, 0.6) is 11.5 Å². The van der Waals surface area contributed by atoms with E-state index in [9.17, 15) is 9.59 Å². The van der Waals surface area contributed by atoms with Crippen molar-refractivity contribution in [3.8, 4) is 11.5 Å². The third-order valence-electron chi connectivity index (χ3n) is 4.39. The number of carbonyl (C=O) groups excluding carboxylic acids is 2. The molecule has 2 amide bonds. The molecule has 2 aromatic rings. The molecular weight excluding hydrogens is 324 g/mol. The Labute approximate surface area is 144 Å². The fourth-order valence-electron chi connectivity index (χ4n) is 3.00. The highest BCUT2D eigenvalue weighted by Gasteiger charge is 2.32. The Balaban J connectivity index is 1.53. The van der Waals surface area contributed by atoms with Crippen molar-refractivity contribution >= 4 is 23.5 Å². The molecule has 1 aromatic heterocycles. The molecule has 0 fully saturated rings. The van der Waals surface area contributed by atoms with E-state index in [-0.39, 0.29) is 24.3 Å². The van der Waals surface area contributed by atoms with Gasteiger partial charge >= 0.3 is 0 Å². The number of aryl methyl sites for hydroxylation is 1. The molecule has 3 heterocycles. The number of hydrogen-bond donors (Lipinski definition) is 2. The van der Waals surface area contributed by atoms with Gasteiger partial charge in [0.15, 0.2) is 17.3 Å². The van der Waals surface area contributed by atoms with Crippen molar-refractivity contribution in [2.45, 2.75) is 19.4 Å². The molecule has 1 aromatic carbocycles. The summed E-state index contributed by atoms with van der Waals surface area (Å²) in [5.74, 6) is 1.67. The number of nitrogens with one attached hydrogen (secondary N) is 2. The molecule has 2 unspecified atom stereocenters. The molecule has 0 radical (unpaired) electrons. The van der Waals surface area contributed by atoms with Crippen LogP contribution in [0.3, 0.4) is 0 Å². The van der Waals surface area contributed by atoms with Gasteiger partial charge in [-0.1, -0.05) is 19.1 Å². The van der Waals surface area contributed by atoms with Crippen LogP contribution in [0.15, 0.2) is 24.3 Å². The van der Waals surface area contributed by atoms with Gasteiger partial charge in [0, 0.05) is 18.5 Å². The SMILES string of the molecule is CC1Cc2c(NC(=O)C3COc4ccccc4O3)nn(C)c2NC1=O. The summed E-state index contributed by atoms with van der Waals surface area (Å²) in [6, 6.07) is 7.22. The lowest BCUT2D eigenvalue weighted by atomic mass is 9.98. The first kappa shape index (κ1) is 15.5. The first-order valence-corrected chi connectivity index (χ1v) is 8.09. The summed E-state index contributed by atoms with van der Waals surface area (Å²) in [6.45, 7) is 1.97. The number of amides is 2. The van der Waals surface area contributed by atoms with Crippen molar-refractivity contribution in [3.63, 3.8) is 0 Å². The van der Waals surface area contributed by atoms with Crippen molar-refractivity contribution < 1.29 is 19.1 Å². The van der Waals surface area contributed by atoms with Crippen LogP contribution < -0.4 is 20.1 Å². The number of hydrogen-bond acceptors (Lipinski definition) is 5. The number of benzene rings is 1. The highest BCUT2D eigenvalue weighted by atomic mass is 16.6. The minimum Gasteiger partial charge on any atom is -0.485 e. The molecule has 0 spiro atoms. The molecule has 25 heavy (non-hydrogen) atoms. The van der Waals surface area contributed by atoms with E-state index in [4.69, 9.17) is 9.47 Å². The van der Waals surface area contributed by atoms with Crippen LogP contribution in [0.25, 0.3) is 0 Å². The second-order valence-electron chi connectivity index (χ2n) is 6.25. The van der Waals surface area contributed by atoms with E-state index in [1.54, 1.807) is 23.9 Å². The predicted octanol–water partition coefficient (Wildman–Crippen LogP) is 1.33. The Kier molecular flexibility index (Phi) is 3.60. The molecule has 8 heteroatoms. The van der Waals surface area contributed by atoms with Gasteiger partial charge in [-0.25, -0.2) is 0 Å². The summed E-state index contributed by atoms with van der Waals surface area (Å²) in [4.78, 5) is 24.4. The van der Waals surface area contributed by atoms with Crippen molar-refractivity contribution in [1.82, 2.24) is 9.78 Å². The zero-order valence-corrected chi connectivity index (χ0v) is 13.9. The Morgan fingerprint density at radius 1 is 1.36 bits per heavy atom. The predicted molar refractivity (Wildman–Crippen MR) is 89.7 cm³/mol. The highest BCUT2D eigenvalue weighted by Crippen LogP contribution is 2.33. The fourth-order valence-corrected chi connectivity index (χ4v) is 3.00. The van der Waals surface area contributed by atoms with Gasteiger partial charge in [0.05, 0.1) is 0 Å². The summed E-state index contributed by atoms with van der Waals surface area (Å²) in [5.41, 5.74) is 0.820. The molecule has 2 N–H and O–H groups in total. The fraction of sp³-hybridized carbons (Fsp3) is 0.353. The summed E-state index contributed by atoms with van der Waals surface area (Å²) in [6.07, 6.45) is -0.238. The molecule has 130 valence electrons. The lowest BCUT2D eigenvalue weighted by Gasteiger charge is -2.25. The zero-order valence-electron chi connectivity index (χ0n) is 13.9. The van der Waals surface area contributed by atoms with Crippen molar-refractivity contribution in [2.24, 2.45) is 13.0 Å². The first-order valence-electron chi connectivity index (χ1n) is 8.09. The maximum atomic E-state index is 12.6. The number of carbonyl (C=O) groups is 2. The third-order valence-corrected chi connectivity index (χ3v) is 4.39. The Morgan fingerprint density at radius 2 is 2.12 bits per heavy atom. The normalized spacial score (nSPS) is 21.3. The standard InChI is InChI=1S/C17H18N4O4/c1-9-7-10-14(20-21(2)15(10)19-16(9)22)18-17(23)13-8-24-11-5-3-4-6-12(11)25-13/h3-6,9,13H,7-8H2,1-2H3,(H,19,22)(H,18,20,23). The smallest absolute Gasteiger partial charge is 0.270 e. The molecular formula is C17H18N4O4. The van der Waals surface area contributed by atoms with Crippen LogP contribution in [0.2, 0.25) is 0 Å². The van der Waals surface area contributed by atoms with Gasteiger partial charge < -0.3 is 20.1 Å². The topological polar surface area (TPSA) is 94.5 Å². The lowest BCUT2D eigenvalue weighted by molar-refractivity contribution is -0.125. The Hall–Kier alpha value is -3.03. The number of aromatic nitrogens is 2.